The van der Waals surface area contributed by atoms with Crippen LogP contribution in [0.25, 0.3) is 0 Å². The van der Waals surface area contributed by atoms with E-state index in [9.17, 15) is 4.79 Å². The van der Waals surface area contributed by atoms with Gasteiger partial charge in [-0.05, 0) is 36.6 Å². The summed E-state index contributed by atoms with van der Waals surface area (Å²) >= 11 is 0. The maximum Gasteiger partial charge on any atom is 0.220 e. The third-order valence-corrected chi connectivity index (χ3v) is 4.36. The molecule has 0 spiro atoms. The first-order chi connectivity index (χ1) is 12.2. The van der Waals surface area contributed by atoms with Gasteiger partial charge in [0.2, 0.25) is 5.91 Å². The molecule has 1 aliphatic rings. The zero-order chi connectivity index (χ0) is 17.5. The number of nitrogens with zero attached hydrogens (tertiary/aromatic N) is 2. The summed E-state index contributed by atoms with van der Waals surface area (Å²) in [4.78, 5) is 18.8. The van der Waals surface area contributed by atoms with E-state index in [4.69, 9.17) is 4.74 Å². The molecule has 0 radical (unpaired) electrons. The van der Waals surface area contributed by atoms with Crippen molar-refractivity contribution in [1.82, 2.24) is 10.3 Å². The molecule has 0 aliphatic carbocycles. The second-order valence-electron chi connectivity index (χ2n) is 6.39. The topological polar surface area (TPSA) is 54.5 Å². The summed E-state index contributed by atoms with van der Waals surface area (Å²) < 4.78 is 5.38. The number of amides is 1. The van der Waals surface area contributed by atoms with E-state index >= 15 is 0 Å². The van der Waals surface area contributed by atoms with Crippen molar-refractivity contribution in [2.75, 3.05) is 31.2 Å². The Labute approximate surface area is 149 Å². The lowest BCUT2D eigenvalue weighted by Gasteiger charge is -2.28. The van der Waals surface area contributed by atoms with Gasteiger partial charge in [-0.15, -0.1) is 0 Å². The molecule has 0 bridgehead atoms. The normalized spacial score (nSPS) is 14.4. The fourth-order valence-electron chi connectivity index (χ4n) is 2.95. The van der Waals surface area contributed by atoms with Crippen molar-refractivity contribution in [2.24, 2.45) is 0 Å². The van der Waals surface area contributed by atoms with E-state index in [0.29, 0.717) is 13.0 Å². The highest BCUT2D eigenvalue weighted by Gasteiger charge is 2.12. The van der Waals surface area contributed by atoms with Crippen LogP contribution in [0.2, 0.25) is 0 Å². The summed E-state index contributed by atoms with van der Waals surface area (Å²) in [6.45, 7) is 5.86. The van der Waals surface area contributed by atoms with Gasteiger partial charge in [0, 0.05) is 32.3 Å². The molecule has 3 rings (SSSR count). The molecule has 1 saturated heterocycles. The number of pyridine rings is 1. The molecular weight excluding hydrogens is 314 g/mol. The number of carbonyl (C=O) groups excluding carboxylic acids is 1. The van der Waals surface area contributed by atoms with Crippen molar-refractivity contribution >= 4 is 11.7 Å². The van der Waals surface area contributed by atoms with Crippen LogP contribution in [0.15, 0.2) is 42.6 Å². The van der Waals surface area contributed by atoms with Crippen molar-refractivity contribution < 1.29 is 9.53 Å². The van der Waals surface area contributed by atoms with Crippen LogP contribution < -0.4 is 10.2 Å². The summed E-state index contributed by atoms with van der Waals surface area (Å²) in [5.41, 5.74) is 3.48. The average Bonchev–Trinajstić information content (AvgIpc) is 2.66. The second-order valence-corrected chi connectivity index (χ2v) is 6.39. The maximum absolute atomic E-state index is 12.1. The number of benzene rings is 1. The minimum atomic E-state index is 0.0752. The molecule has 132 valence electrons. The lowest BCUT2D eigenvalue weighted by Crippen LogP contribution is -2.36. The van der Waals surface area contributed by atoms with Gasteiger partial charge in [-0.1, -0.05) is 29.8 Å². The molecule has 0 atom stereocenters. The molecule has 2 heterocycles. The maximum atomic E-state index is 12.1. The van der Waals surface area contributed by atoms with Gasteiger partial charge in [-0.3, -0.25) is 4.79 Å². The SMILES string of the molecule is Cc1cccc(CNC(=O)CCc2ccnc(N3CCOCC3)c2)c1. The van der Waals surface area contributed by atoms with Gasteiger partial charge in [0.05, 0.1) is 13.2 Å². The van der Waals surface area contributed by atoms with Gasteiger partial charge in [-0.25, -0.2) is 4.98 Å². The summed E-state index contributed by atoms with van der Waals surface area (Å²) in [7, 11) is 0. The summed E-state index contributed by atoms with van der Waals surface area (Å²) in [6.07, 6.45) is 3.03. The Bertz CT molecular complexity index is 712. The van der Waals surface area contributed by atoms with Crippen LogP contribution in [-0.4, -0.2) is 37.2 Å². The lowest BCUT2D eigenvalue weighted by atomic mass is 10.1. The highest BCUT2D eigenvalue weighted by molar-refractivity contribution is 5.76. The minimum absolute atomic E-state index is 0.0752. The fourth-order valence-corrected chi connectivity index (χ4v) is 2.95. The Morgan fingerprint density at radius 2 is 2.04 bits per heavy atom. The van der Waals surface area contributed by atoms with Crippen LogP contribution >= 0.6 is 0 Å². The van der Waals surface area contributed by atoms with Crippen LogP contribution in [0.4, 0.5) is 5.82 Å². The molecule has 5 heteroatoms. The number of nitrogens with one attached hydrogen (secondary N) is 1. The zero-order valence-corrected chi connectivity index (χ0v) is 14.7. The first-order valence-electron chi connectivity index (χ1n) is 8.80. The quantitative estimate of drug-likeness (QED) is 0.878. The van der Waals surface area contributed by atoms with Crippen LogP contribution in [0.1, 0.15) is 23.1 Å². The molecular formula is C20H25N3O2. The number of rotatable bonds is 6. The number of hydrogen-bond donors (Lipinski definition) is 1. The molecule has 1 aromatic heterocycles. The van der Waals surface area contributed by atoms with E-state index in [1.54, 1.807) is 0 Å². The first kappa shape index (κ1) is 17.4. The van der Waals surface area contributed by atoms with Gasteiger partial charge < -0.3 is 15.0 Å². The zero-order valence-electron chi connectivity index (χ0n) is 14.7. The highest BCUT2D eigenvalue weighted by atomic mass is 16.5. The lowest BCUT2D eigenvalue weighted by molar-refractivity contribution is -0.121. The molecule has 1 N–H and O–H groups in total. The number of morpholine rings is 1. The molecule has 25 heavy (non-hydrogen) atoms. The Hall–Kier alpha value is -2.40. The number of aromatic nitrogens is 1. The largest absolute Gasteiger partial charge is 0.378 e. The number of hydrogen-bond acceptors (Lipinski definition) is 4. The Morgan fingerprint density at radius 1 is 1.20 bits per heavy atom. The van der Waals surface area contributed by atoms with E-state index in [0.717, 1.165) is 49.7 Å². The van der Waals surface area contributed by atoms with Gasteiger partial charge in [0.25, 0.3) is 0 Å². The second kappa shape index (κ2) is 8.62. The highest BCUT2D eigenvalue weighted by Crippen LogP contribution is 2.15. The summed E-state index contributed by atoms with van der Waals surface area (Å²) in [6, 6.07) is 12.3. The van der Waals surface area contributed by atoms with Crippen molar-refractivity contribution in [2.45, 2.75) is 26.3 Å². The van der Waals surface area contributed by atoms with Gasteiger partial charge in [-0.2, -0.15) is 0 Å². The van der Waals surface area contributed by atoms with Crippen LogP contribution in [-0.2, 0) is 22.5 Å². The molecule has 1 fully saturated rings. The van der Waals surface area contributed by atoms with E-state index < -0.39 is 0 Å². The smallest absolute Gasteiger partial charge is 0.220 e. The summed E-state index contributed by atoms with van der Waals surface area (Å²) in [5.74, 6) is 1.05. The third kappa shape index (κ3) is 5.29. The molecule has 5 nitrogen and oxygen atoms in total. The molecule has 2 aromatic rings. The number of ether oxygens (including phenoxy) is 1. The molecule has 1 aliphatic heterocycles. The fraction of sp³-hybridized carbons (Fsp3) is 0.400. The van der Waals surface area contributed by atoms with E-state index in [2.05, 4.69) is 40.3 Å². The number of carbonyl (C=O) groups is 1. The predicted octanol–water partition coefficient (Wildman–Crippen LogP) is 2.48. The molecule has 0 saturated carbocycles. The van der Waals surface area contributed by atoms with Crippen molar-refractivity contribution in [3.05, 3.63) is 59.3 Å². The van der Waals surface area contributed by atoms with E-state index in [-0.39, 0.29) is 5.91 Å². The van der Waals surface area contributed by atoms with Gasteiger partial charge in [0.15, 0.2) is 0 Å². The monoisotopic (exact) mass is 339 g/mol. The Morgan fingerprint density at radius 3 is 2.84 bits per heavy atom. The first-order valence-corrected chi connectivity index (χ1v) is 8.80. The Balaban J connectivity index is 1.48. The van der Waals surface area contributed by atoms with Crippen molar-refractivity contribution in [1.29, 1.82) is 0 Å². The van der Waals surface area contributed by atoms with Gasteiger partial charge in [0.1, 0.15) is 5.82 Å². The van der Waals surface area contributed by atoms with Crippen LogP contribution in [0.5, 0.6) is 0 Å². The predicted molar refractivity (Wildman–Crippen MR) is 98.6 cm³/mol. The van der Waals surface area contributed by atoms with E-state index in [1.807, 2.05) is 24.4 Å². The van der Waals surface area contributed by atoms with Crippen LogP contribution in [0, 0.1) is 6.92 Å². The van der Waals surface area contributed by atoms with Gasteiger partial charge >= 0.3 is 0 Å². The van der Waals surface area contributed by atoms with Crippen molar-refractivity contribution in [3.8, 4) is 0 Å². The standard InChI is InChI=1S/C20H25N3O2/c1-16-3-2-4-18(13-16)15-22-20(24)6-5-17-7-8-21-19(14-17)23-9-11-25-12-10-23/h2-4,7-8,13-14H,5-6,9-12,15H2,1H3,(H,22,24). The van der Waals surface area contributed by atoms with E-state index in [1.165, 1.54) is 5.56 Å². The Kier molecular flexibility index (Phi) is 6.01. The number of anilines is 1. The minimum Gasteiger partial charge on any atom is -0.378 e. The number of aryl methyl sites for hydroxylation is 2. The molecule has 0 unspecified atom stereocenters. The average molecular weight is 339 g/mol. The van der Waals surface area contributed by atoms with Crippen molar-refractivity contribution in [3.63, 3.8) is 0 Å². The van der Waals surface area contributed by atoms with Crippen LogP contribution in [0.3, 0.4) is 0 Å². The summed E-state index contributed by atoms with van der Waals surface area (Å²) in [5, 5.41) is 2.99. The molecule has 1 aromatic carbocycles. The molecule has 1 amide bonds. The third-order valence-electron chi connectivity index (χ3n) is 4.36.